The van der Waals surface area contributed by atoms with Crippen LogP contribution in [0.25, 0.3) is 0 Å². The summed E-state index contributed by atoms with van der Waals surface area (Å²) in [5.74, 6) is 0.607. The van der Waals surface area contributed by atoms with E-state index in [4.69, 9.17) is 4.74 Å². The van der Waals surface area contributed by atoms with Gasteiger partial charge in [0, 0.05) is 37.6 Å². The molecule has 0 bridgehead atoms. The largest absolute Gasteiger partial charge is 0.491 e. The van der Waals surface area contributed by atoms with Gasteiger partial charge >= 0.3 is 0 Å². The third-order valence-electron chi connectivity index (χ3n) is 5.59. The highest BCUT2D eigenvalue weighted by Gasteiger charge is 2.31. The smallest absolute Gasteiger partial charge is 0.123 e. The first kappa shape index (κ1) is 20.6. The molecule has 0 saturated heterocycles. The number of nitrogens with zero attached hydrogens (tertiary/aromatic N) is 2. The van der Waals surface area contributed by atoms with E-state index in [0.29, 0.717) is 19.1 Å². The van der Waals surface area contributed by atoms with E-state index in [9.17, 15) is 9.50 Å². The highest BCUT2D eigenvalue weighted by atomic mass is 19.1. The topological polar surface area (TPSA) is 37.6 Å². The van der Waals surface area contributed by atoms with Crippen molar-refractivity contribution in [3.8, 4) is 5.75 Å². The zero-order chi connectivity index (χ0) is 20.9. The van der Waals surface area contributed by atoms with Gasteiger partial charge in [0.05, 0.1) is 0 Å². The zero-order valence-corrected chi connectivity index (χ0v) is 17.4. The van der Waals surface area contributed by atoms with Crippen molar-refractivity contribution in [2.45, 2.75) is 45.0 Å². The van der Waals surface area contributed by atoms with Crippen LogP contribution < -0.4 is 4.74 Å². The van der Waals surface area contributed by atoms with Crippen molar-refractivity contribution >= 4 is 0 Å². The fourth-order valence-electron chi connectivity index (χ4n) is 3.75. The molecule has 0 amide bonds. The van der Waals surface area contributed by atoms with Crippen LogP contribution in [-0.4, -0.2) is 39.9 Å². The van der Waals surface area contributed by atoms with Crippen molar-refractivity contribution < 1.29 is 14.2 Å². The van der Waals surface area contributed by atoms with E-state index < -0.39 is 6.10 Å². The zero-order valence-electron chi connectivity index (χ0n) is 17.4. The van der Waals surface area contributed by atoms with Gasteiger partial charge in [0.15, 0.2) is 0 Å². The van der Waals surface area contributed by atoms with Crippen molar-refractivity contribution in [1.29, 1.82) is 0 Å². The Labute approximate surface area is 177 Å². The number of aliphatic hydroxyl groups excluding tert-OH is 1. The number of aryl methyl sites for hydroxylation is 1. The Morgan fingerprint density at radius 2 is 1.87 bits per heavy atom. The van der Waals surface area contributed by atoms with Gasteiger partial charge in [-0.1, -0.05) is 30.3 Å². The average molecular weight is 409 g/mol. The van der Waals surface area contributed by atoms with E-state index in [-0.39, 0.29) is 12.4 Å². The first-order valence-corrected chi connectivity index (χ1v) is 10.6. The summed E-state index contributed by atoms with van der Waals surface area (Å²) >= 11 is 0. The molecule has 1 aromatic heterocycles. The van der Waals surface area contributed by atoms with E-state index in [1.165, 1.54) is 30.7 Å². The van der Waals surface area contributed by atoms with Gasteiger partial charge in [-0.05, 0) is 61.2 Å². The maximum Gasteiger partial charge on any atom is 0.123 e. The van der Waals surface area contributed by atoms with E-state index in [1.54, 1.807) is 0 Å². The lowest BCUT2D eigenvalue weighted by molar-refractivity contribution is 0.0616. The van der Waals surface area contributed by atoms with E-state index >= 15 is 0 Å². The lowest BCUT2D eigenvalue weighted by atomic mass is 10.2. The lowest BCUT2D eigenvalue weighted by Gasteiger charge is -2.26. The molecule has 1 N–H and O–H groups in total. The molecule has 4 nitrogen and oxygen atoms in total. The monoisotopic (exact) mass is 408 g/mol. The molecule has 158 valence electrons. The van der Waals surface area contributed by atoms with Crippen molar-refractivity contribution in [3.63, 3.8) is 0 Å². The van der Waals surface area contributed by atoms with Crippen molar-refractivity contribution in [1.82, 2.24) is 9.47 Å². The highest BCUT2D eigenvalue weighted by molar-refractivity contribution is 5.31. The molecule has 3 aromatic rings. The molecule has 5 heteroatoms. The summed E-state index contributed by atoms with van der Waals surface area (Å²) in [6.07, 6.45) is 3.85. The third kappa shape index (κ3) is 5.49. The Morgan fingerprint density at radius 3 is 2.60 bits per heavy atom. The summed E-state index contributed by atoms with van der Waals surface area (Å²) in [6, 6.07) is 19.2. The average Bonchev–Trinajstić information content (AvgIpc) is 3.50. The third-order valence-corrected chi connectivity index (χ3v) is 5.59. The minimum atomic E-state index is -0.550. The second-order valence-corrected chi connectivity index (χ2v) is 8.14. The number of para-hydroxylation sites is 1. The molecule has 0 aliphatic heterocycles. The molecule has 1 heterocycles. The molecule has 1 aliphatic carbocycles. The van der Waals surface area contributed by atoms with Gasteiger partial charge in [0.25, 0.3) is 0 Å². The van der Waals surface area contributed by atoms with Crippen LogP contribution in [0.2, 0.25) is 0 Å². The lowest BCUT2D eigenvalue weighted by Crippen LogP contribution is -2.37. The van der Waals surface area contributed by atoms with Crippen LogP contribution in [0, 0.1) is 12.7 Å². The Bertz CT molecular complexity index is 950. The molecule has 1 atom stereocenters. The normalized spacial score (nSPS) is 14.8. The van der Waals surface area contributed by atoms with Crippen LogP contribution in [-0.2, 0) is 13.1 Å². The fourth-order valence-corrected chi connectivity index (χ4v) is 3.75. The Kier molecular flexibility index (Phi) is 6.50. The number of rotatable bonds is 10. The molecule has 0 radical (unpaired) electrons. The highest BCUT2D eigenvalue weighted by Crippen LogP contribution is 2.29. The van der Waals surface area contributed by atoms with Crippen LogP contribution in [0.5, 0.6) is 5.75 Å². The minimum Gasteiger partial charge on any atom is -0.491 e. The number of benzene rings is 2. The number of aliphatic hydroxyl groups is 1. The van der Waals surface area contributed by atoms with Gasteiger partial charge in [-0.25, -0.2) is 4.39 Å². The van der Waals surface area contributed by atoms with Gasteiger partial charge in [-0.3, -0.25) is 4.90 Å². The van der Waals surface area contributed by atoms with Crippen molar-refractivity contribution in [2.75, 3.05) is 13.2 Å². The van der Waals surface area contributed by atoms with Gasteiger partial charge in [0.2, 0.25) is 0 Å². The van der Waals surface area contributed by atoms with Crippen LogP contribution in [0.15, 0.2) is 66.9 Å². The maximum atomic E-state index is 13.2. The van der Waals surface area contributed by atoms with Gasteiger partial charge < -0.3 is 14.4 Å². The van der Waals surface area contributed by atoms with Crippen LogP contribution in [0.3, 0.4) is 0 Å². The number of halogens is 1. The summed E-state index contributed by atoms with van der Waals surface area (Å²) in [5.41, 5.74) is 3.33. The molecule has 1 aliphatic rings. The predicted molar refractivity (Wildman–Crippen MR) is 116 cm³/mol. The summed E-state index contributed by atoms with van der Waals surface area (Å²) < 4.78 is 21.2. The molecule has 1 fully saturated rings. The summed E-state index contributed by atoms with van der Waals surface area (Å²) in [5, 5.41) is 10.6. The first-order valence-electron chi connectivity index (χ1n) is 10.6. The molecular weight excluding hydrogens is 379 g/mol. The Balaban J connectivity index is 1.36. The number of hydrogen-bond donors (Lipinski definition) is 1. The van der Waals surface area contributed by atoms with E-state index in [0.717, 1.165) is 23.4 Å². The first-order chi connectivity index (χ1) is 14.6. The van der Waals surface area contributed by atoms with Crippen LogP contribution >= 0.6 is 0 Å². The quantitative estimate of drug-likeness (QED) is 0.541. The fraction of sp³-hybridized carbons (Fsp3) is 0.360. The van der Waals surface area contributed by atoms with Gasteiger partial charge in [0.1, 0.15) is 24.3 Å². The number of hydrogen-bond acceptors (Lipinski definition) is 3. The summed E-state index contributed by atoms with van der Waals surface area (Å²) in [4.78, 5) is 2.35. The van der Waals surface area contributed by atoms with Crippen LogP contribution in [0.1, 0.15) is 29.7 Å². The Hall–Kier alpha value is -2.63. The van der Waals surface area contributed by atoms with Gasteiger partial charge in [-0.15, -0.1) is 0 Å². The van der Waals surface area contributed by atoms with Crippen LogP contribution in [0.4, 0.5) is 4.39 Å². The molecule has 1 saturated carbocycles. The minimum absolute atomic E-state index is 0.215. The number of aromatic nitrogens is 1. The molecule has 1 unspecified atom stereocenters. The molecule has 4 rings (SSSR count). The standard InChI is InChI=1S/C25H29FN2O2/c1-19-5-2-3-7-25(19)30-18-24(29)17-28(22-12-13-22)16-23-6-4-14-27(23)15-20-8-10-21(26)11-9-20/h2-11,14,22,24,29H,12-13,15-18H2,1H3. The summed E-state index contributed by atoms with van der Waals surface area (Å²) in [6.45, 7) is 4.36. The molecule has 0 spiro atoms. The Morgan fingerprint density at radius 1 is 1.10 bits per heavy atom. The predicted octanol–water partition coefficient (Wildman–Crippen LogP) is 4.39. The SMILES string of the molecule is Cc1ccccc1OCC(O)CN(Cc1cccn1Cc1ccc(F)cc1)C1CC1. The molecule has 2 aromatic carbocycles. The number of ether oxygens (including phenoxy) is 1. The second kappa shape index (κ2) is 9.45. The van der Waals surface area contributed by atoms with Crippen molar-refractivity contribution in [2.24, 2.45) is 0 Å². The van der Waals surface area contributed by atoms with Crippen molar-refractivity contribution in [3.05, 3.63) is 89.5 Å². The van der Waals surface area contributed by atoms with Gasteiger partial charge in [-0.2, -0.15) is 0 Å². The second-order valence-electron chi connectivity index (χ2n) is 8.14. The van der Waals surface area contributed by atoms with E-state index in [2.05, 4.69) is 21.7 Å². The molecular formula is C25H29FN2O2. The summed E-state index contributed by atoms with van der Waals surface area (Å²) in [7, 11) is 0. The maximum absolute atomic E-state index is 13.2. The van der Waals surface area contributed by atoms with E-state index in [1.807, 2.05) is 49.4 Å². The molecule has 30 heavy (non-hydrogen) atoms.